The second-order valence-electron chi connectivity index (χ2n) is 4.51. The predicted molar refractivity (Wildman–Crippen MR) is 83.1 cm³/mol. The normalized spacial score (nSPS) is 10.7. The summed E-state index contributed by atoms with van der Waals surface area (Å²) in [6.07, 6.45) is 1.05. The van der Waals surface area contributed by atoms with Crippen LogP contribution in [0.25, 0.3) is 0 Å². The van der Waals surface area contributed by atoms with E-state index in [1.807, 2.05) is 42.5 Å². The molecule has 0 aliphatic carbocycles. The van der Waals surface area contributed by atoms with E-state index in [0.717, 1.165) is 29.9 Å². The molecular formula is C16H18BrNO. The lowest BCUT2D eigenvalue weighted by molar-refractivity contribution is 0.401. The van der Waals surface area contributed by atoms with Crippen LogP contribution in [-0.4, -0.2) is 23.9 Å². The first-order valence-corrected chi connectivity index (χ1v) is 7.46. The fourth-order valence-corrected chi connectivity index (χ4v) is 1.98. The van der Waals surface area contributed by atoms with Crippen LogP contribution in [0.2, 0.25) is 0 Å². The SMILES string of the molecule is CN(CBr)CCc1ccc(Oc2ccccc2)cc1. The van der Waals surface area contributed by atoms with Crippen molar-refractivity contribution < 1.29 is 4.74 Å². The Morgan fingerprint density at radius 3 is 2.21 bits per heavy atom. The number of hydrogen-bond acceptors (Lipinski definition) is 2. The molecule has 0 bridgehead atoms. The first-order valence-electron chi connectivity index (χ1n) is 6.34. The monoisotopic (exact) mass is 319 g/mol. The fraction of sp³-hybridized carbons (Fsp3) is 0.250. The Kier molecular flexibility index (Phi) is 5.43. The minimum atomic E-state index is 0.870. The molecule has 100 valence electrons. The number of ether oxygens (including phenoxy) is 1. The van der Waals surface area contributed by atoms with Crippen molar-refractivity contribution in [2.75, 3.05) is 19.0 Å². The average Bonchev–Trinajstić information content (AvgIpc) is 2.47. The summed E-state index contributed by atoms with van der Waals surface area (Å²) in [7, 11) is 2.10. The molecule has 19 heavy (non-hydrogen) atoms. The van der Waals surface area contributed by atoms with Gasteiger partial charge in [0, 0.05) is 6.54 Å². The Labute approximate surface area is 123 Å². The van der Waals surface area contributed by atoms with Crippen molar-refractivity contribution in [2.45, 2.75) is 6.42 Å². The van der Waals surface area contributed by atoms with Crippen molar-refractivity contribution in [3.05, 3.63) is 60.2 Å². The first-order chi connectivity index (χ1) is 9.28. The minimum Gasteiger partial charge on any atom is -0.457 e. The van der Waals surface area contributed by atoms with E-state index in [1.54, 1.807) is 0 Å². The van der Waals surface area contributed by atoms with Gasteiger partial charge in [0.25, 0.3) is 0 Å². The third-order valence-electron chi connectivity index (χ3n) is 2.89. The molecule has 0 aliphatic rings. The molecule has 0 saturated carbocycles. The molecule has 0 amide bonds. The van der Waals surface area contributed by atoms with Crippen LogP contribution in [0.3, 0.4) is 0 Å². The standard InChI is InChI=1S/C16H18BrNO/c1-18(13-17)12-11-14-7-9-16(10-8-14)19-15-5-3-2-4-6-15/h2-10H,11-13H2,1H3. The van der Waals surface area contributed by atoms with Gasteiger partial charge in [0.1, 0.15) is 11.5 Å². The summed E-state index contributed by atoms with van der Waals surface area (Å²) in [4.78, 5) is 2.23. The number of rotatable bonds is 6. The summed E-state index contributed by atoms with van der Waals surface area (Å²) in [5.74, 6) is 1.75. The maximum atomic E-state index is 5.76. The van der Waals surface area contributed by atoms with Gasteiger partial charge in [-0.2, -0.15) is 0 Å². The molecule has 0 aromatic heterocycles. The number of alkyl halides is 1. The van der Waals surface area contributed by atoms with Crippen molar-refractivity contribution in [1.29, 1.82) is 0 Å². The lowest BCUT2D eigenvalue weighted by Crippen LogP contribution is -2.18. The highest BCUT2D eigenvalue weighted by Gasteiger charge is 1.99. The molecule has 2 aromatic carbocycles. The fourth-order valence-electron chi connectivity index (χ4n) is 1.73. The van der Waals surface area contributed by atoms with Gasteiger partial charge in [0.15, 0.2) is 0 Å². The Bertz CT molecular complexity index is 484. The molecule has 0 radical (unpaired) electrons. The molecule has 3 heteroatoms. The second kappa shape index (κ2) is 7.31. The lowest BCUT2D eigenvalue weighted by Gasteiger charge is -2.12. The number of para-hydroxylation sites is 1. The highest BCUT2D eigenvalue weighted by atomic mass is 79.9. The molecule has 0 saturated heterocycles. The van der Waals surface area contributed by atoms with Crippen LogP contribution in [0.4, 0.5) is 0 Å². The summed E-state index contributed by atoms with van der Waals surface area (Å²) in [6.45, 7) is 1.05. The summed E-state index contributed by atoms with van der Waals surface area (Å²) in [5, 5.41) is 0. The zero-order chi connectivity index (χ0) is 13.5. The second-order valence-corrected chi connectivity index (χ2v) is 5.01. The highest BCUT2D eigenvalue weighted by molar-refractivity contribution is 9.09. The van der Waals surface area contributed by atoms with Crippen molar-refractivity contribution in [3.8, 4) is 11.5 Å². The molecule has 0 atom stereocenters. The molecular weight excluding hydrogens is 302 g/mol. The summed E-state index contributed by atoms with van der Waals surface area (Å²) in [5.41, 5.74) is 2.23. The maximum Gasteiger partial charge on any atom is 0.127 e. The molecule has 0 aliphatic heterocycles. The van der Waals surface area contributed by atoms with Crippen molar-refractivity contribution >= 4 is 15.9 Å². The van der Waals surface area contributed by atoms with E-state index >= 15 is 0 Å². The van der Waals surface area contributed by atoms with Gasteiger partial charge in [0.2, 0.25) is 0 Å². The van der Waals surface area contributed by atoms with Crippen LogP contribution >= 0.6 is 15.9 Å². The Balaban J connectivity index is 1.91. The number of likely N-dealkylation sites (N-methyl/N-ethyl adjacent to an activating group) is 1. The number of halogens is 1. The smallest absolute Gasteiger partial charge is 0.127 e. The summed E-state index contributed by atoms with van der Waals surface area (Å²) in [6, 6.07) is 18.1. The molecule has 0 N–H and O–H groups in total. The van der Waals surface area contributed by atoms with Crippen LogP contribution in [0, 0.1) is 0 Å². The largest absolute Gasteiger partial charge is 0.457 e. The Hall–Kier alpha value is -1.32. The van der Waals surface area contributed by atoms with Gasteiger partial charge in [-0.05, 0) is 43.3 Å². The molecule has 2 aromatic rings. The highest BCUT2D eigenvalue weighted by Crippen LogP contribution is 2.21. The molecule has 0 fully saturated rings. The average molecular weight is 320 g/mol. The van der Waals surface area contributed by atoms with Crippen LogP contribution < -0.4 is 4.74 Å². The number of nitrogens with zero attached hydrogens (tertiary/aromatic N) is 1. The van der Waals surface area contributed by atoms with Crippen molar-refractivity contribution in [2.24, 2.45) is 0 Å². The zero-order valence-corrected chi connectivity index (χ0v) is 12.6. The van der Waals surface area contributed by atoms with Gasteiger partial charge in [-0.3, -0.25) is 4.90 Å². The quantitative estimate of drug-likeness (QED) is 0.581. The summed E-state index contributed by atoms with van der Waals surface area (Å²) < 4.78 is 5.76. The first kappa shape index (κ1) is 14.1. The van der Waals surface area contributed by atoms with Gasteiger partial charge in [0.05, 0.1) is 5.45 Å². The topological polar surface area (TPSA) is 12.5 Å². The van der Waals surface area contributed by atoms with Crippen molar-refractivity contribution in [1.82, 2.24) is 4.90 Å². The van der Waals surface area contributed by atoms with Crippen LogP contribution in [0.15, 0.2) is 54.6 Å². The van der Waals surface area contributed by atoms with Crippen molar-refractivity contribution in [3.63, 3.8) is 0 Å². The van der Waals surface area contributed by atoms with Crippen LogP contribution in [0.1, 0.15) is 5.56 Å². The van der Waals surface area contributed by atoms with Crippen LogP contribution in [0.5, 0.6) is 11.5 Å². The zero-order valence-electron chi connectivity index (χ0n) is 11.1. The Morgan fingerprint density at radius 2 is 1.58 bits per heavy atom. The van der Waals surface area contributed by atoms with E-state index in [1.165, 1.54) is 5.56 Å². The lowest BCUT2D eigenvalue weighted by atomic mass is 10.1. The van der Waals surface area contributed by atoms with E-state index in [9.17, 15) is 0 Å². The third kappa shape index (κ3) is 4.69. The maximum absolute atomic E-state index is 5.76. The number of hydrogen-bond donors (Lipinski definition) is 0. The van der Waals surface area contributed by atoms with Gasteiger partial charge in [-0.1, -0.05) is 46.3 Å². The van der Waals surface area contributed by atoms with Gasteiger partial charge in [-0.25, -0.2) is 0 Å². The molecule has 0 spiro atoms. The molecule has 0 unspecified atom stereocenters. The van der Waals surface area contributed by atoms with E-state index in [2.05, 4.69) is 40.0 Å². The third-order valence-corrected chi connectivity index (χ3v) is 3.74. The van der Waals surface area contributed by atoms with Gasteiger partial charge in [-0.15, -0.1) is 0 Å². The van der Waals surface area contributed by atoms with E-state index in [4.69, 9.17) is 4.74 Å². The molecule has 2 nitrogen and oxygen atoms in total. The van der Waals surface area contributed by atoms with E-state index < -0.39 is 0 Å². The summed E-state index contributed by atoms with van der Waals surface area (Å²) >= 11 is 3.44. The molecule has 0 heterocycles. The predicted octanol–water partition coefficient (Wildman–Crippen LogP) is 4.31. The Morgan fingerprint density at radius 1 is 0.947 bits per heavy atom. The van der Waals surface area contributed by atoms with Crippen LogP contribution in [-0.2, 0) is 6.42 Å². The minimum absolute atomic E-state index is 0.870. The number of benzene rings is 2. The van der Waals surface area contributed by atoms with E-state index in [0.29, 0.717) is 0 Å². The molecule has 2 rings (SSSR count). The van der Waals surface area contributed by atoms with Gasteiger partial charge < -0.3 is 4.74 Å². The van der Waals surface area contributed by atoms with Gasteiger partial charge >= 0.3 is 0 Å². The van der Waals surface area contributed by atoms with E-state index in [-0.39, 0.29) is 0 Å².